The van der Waals surface area contributed by atoms with Crippen molar-refractivity contribution in [2.45, 2.75) is 19.4 Å². The maximum Gasteiger partial charge on any atom is 0.257 e. The van der Waals surface area contributed by atoms with Gasteiger partial charge in [-0.15, -0.1) is 0 Å². The molecule has 0 radical (unpaired) electrons. The first-order valence-corrected chi connectivity index (χ1v) is 9.39. The Morgan fingerprint density at radius 2 is 1.96 bits per heavy atom. The molecule has 1 fully saturated rings. The number of hydrogen-bond acceptors (Lipinski definition) is 4. The fraction of sp³-hybridized carbons (Fsp3) is 0.286. The molecule has 3 heterocycles. The lowest BCUT2D eigenvalue weighted by atomic mass is 9.95. The van der Waals surface area contributed by atoms with E-state index in [0.717, 1.165) is 17.1 Å². The van der Waals surface area contributed by atoms with E-state index >= 15 is 0 Å². The predicted molar refractivity (Wildman–Crippen MR) is 103 cm³/mol. The molecular formula is C21H22N4O3. The van der Waals surface area contributed by atoms with Gasteiger partial charge in [-0.1, -0.05) is 30.3 Å². The maximum absolute atomic E-state index is 12.5. The number of piperidine rings is 1. The van der Waals surface area contributed by atoms with E-state index in [4.69, 9.17) is 4.42 Å². The molecular weight excluding hydrogens is 356 g/mol. The molecule has 0 unspecified atom stereocenters. The summed E-state index contributed by atoms with van der Waals surface area (Å²) in [6.45, 7) is 1.50. The Hall–Kier alpha value is -3.35. The van der Waals surface area contributed by atoms with Crippen LogP contribution in [0.3, 0.4) is 0 Å². The molecule has 144 valence electrons. The second-order valence-corrected chi connectivity index (χ2v) is 6.91. The number of furan rings is 1. The number of nitrogens with one attached hydrogen (secondary N) is 2. The van der Waals surface area contributed by atoms with Crippen LogP contribution in [0.15, 0.2) is 59.5 Å². The van der Waals surface area contributed by atoms with Crippen LogP contribution in [0.1, 0.15) is 29.0 Å². The number of nitrogens with zero attached hydrogens (tertiary/aromatic N) is 2. The number of carbonyl (C=O) groups excluding carboxylic acids is 2. The third kappa shape index (κ3) is 3.98. The lowest BCUT2D eigenvalue weighted by Crippen LogP contribution is -2.42. The minimum atomic E-state index is -0.0862. The molecule has 0 atom stereocenters. The van der Waals surface area contributed by atoms with Gasteiger partial charge in [0.15, 0.2) is 0 Å². The molecule has 2 aromatic heterocycles. The van der Waals surface area contributed by atoms with Crippen molar-refractivity contribution in [3.8, 4) is 11.3 Å². The van der Waals surface area contributed by atoms with E-state index in [2.05, 4.69) is 15.3 Å². The zero-order valence-corrected chi connectivity index (χ0v) is 15.4. The number of benzene rings is 1. The molecule has 1 aliphatic heterocycles. The molecule has 0 aliphatic carbocycles. The Balaban J connectivity index is 1.26. The van der Waals surface area contributed by atoms with Crippen molar-refractivity contribution in [2.75, 3.05) is 13.1 Å². The summed E-state index contributed by atoms with van der Waals surface area (Å²) in [5.41, 5.74) is 2.54. The molecule has 7 nitrogen and oxygen atoms in total. The summed E-state index contributed by atoms with van der Waals surface area (Å²) in [7, 11) is 0. The molecule has 28 heavy (non-hydrogen) atoms. The number of H-pyrrole nitrogens is 1. The molecule has 7 heteroatoms. The van der Waals surface area contributed by atoms with Gasteiger partial charge >= 0.3 is 0 Å². The summed E-state index contributed by atoms with van der Waals surface area (Å²) in [6.07, 6.45) is 6.03. The first-order chi connectivity index (χ1) is 13.7. The van der Waals surface area contributed by atoms with E-state index < -0.39 is 0 Å². The number of aromatic nitrogens is 2. The lowest BCUT2D eigenvalue weighted by Gasteiger charge is -2.31. The van der Waals surface area contributed by atoms with E-state index in [-0.39, 0.29) is 17.7 Å². The summed E-state index contributed by atoms with van der Waals surface area (Å²) in [4.78, 5) is 34.2. The molecule has 0 bridgehead atoms. The number of imidazole rings is 1. The summed E-state index contributed by atoms with van der Waals surface area (Å²) in [5, 5.41) is 2.95. The van der Waals surface area contributed by atoms with Crippen molar-refractivity contribution in [1.29, 1.82) is 0 Å². The van der Waals surface area contributed by atoms with Crippen LogP contribution in [-0.2, 0) is 11.3 Å². The highest BCUT2D eigenvalue weighted by Crippen LogP contribution is 2.20. The number of likely N-dealkylation sites (tertiary alicyclic amines) is 1. The average molecular weight is 378 g/mol. The summed E-state index contributed by atoms with van der Waals surface area (Å²) < 4.78 is 4.97. The molecule has 0 spiro atoms. The van der Waals surface area contributed by atoms with Crippen molar-refractivity contribution in [3.05, 3.63) is 66.5 Å². The van der Waals surface area contributed by atoms with Gasteiger partial charge in [-0.25, -0.2) is 4.98 Å². The second-order valence-electron chi connectivity index (χ2n) is 6.91. The smallest absolute Gasteiger partial charge is 0.257 e. The van der Waals surface area contributed by atoms with E-state index in [1.54, 1.807) is 17.2 Å². The molecule has 3 aromatic rings. The SMILES string of the molecule is O=C(NCc1ncc(-c2ccccc2)[nH]1)C1CCN(C(=O)c2ccoc2)CC1. The van der Waals surface area contributed by atoms with E-state index in [9.17, 15) is 9.59 Å². The van der Waals surface area contributed by atoms with Gasteiger partial charge < -0.3 is 19.6 Å². The highest BCUT2D eigenvalue weighted by molar-refractivity contribution is 5.94. The number of carbonyl (C=O) groups is 2. The first-order valence-electron chi connectivity index (χ1n) is 9.39. The molecule has 1 saturated heterocycles. The number of hydrogen-bond donors (Lipinski definition) is 2. The van der Waals surface area contributed by atoms with Crippen molar-refractivity contribution in [1.82, 2.24) is 20.2 Å². The normalized spacial score (nSPS) is 14.8. The van der Waals surface area contributed by atoms with Gasteiger partial charge in [0.25, 0.3) is 5.91 Å². The Morgan fingerprint density at radius 1 is 1.18 bits per heavy atom. The predicted octanol–water partition coefficient (Wildman–Crippen LogP) is 2.84. The highest BCUT2D eigenvalue weighted by Gasteiger charge is 2.28. The van der Waals surface area contributed by atoms with Crippen LogP contribution in [0.4, 0.5) is 0 Å². The average Bonchev–Trinajstić information content (AvgIpc) is 3.44. The van der Waals surface area contributed by atoms with Gasteiger partial charge in [0.05, 0.1) is 30.3 Å². The van der Waals surface area contributed by atoms with E-state index in [0.29, 0.717) is 38.0 Å². The third-order valence-corrected chi connectivity index (χ3v) is 5.06. The molecule has 2 N–H and O–H groups in total. The minimum absolute atomic E-state index is 0.00747. The topological polar surface area (TPSA) is 91.2 Å². The van der Waals surface area contributed by atoms with Crippen molar-refractivity contribution >= 4 is 11.8 Å². The van der Waals surface area contributed by atoms with Crippen LogP contribution in [0.2, 0.25) is 0 Å². The Labute approximate surface area is 162 Å². The first kappa shape index (κ1) is 18.0. The fourth-order valence-corrected chi connectivity index (χ4v) is 3.45. The number of aromatic amines is 1. The molecule has 2 amide bonds. The Kier molecular flexibility index (Phi) is 5.23. The Morgan fingerprint density at radius 3 is 2.68 bits per heavy atom. The van der Waals surface area contributed by atoms with Gasteiger partial charge in [-0.3, -0.25) is 9.59 Å². The third-order valence-electron chi connectivity index (χ3n) is 5.06. The molecule has 0 saturated carbocycles. The van der Waals surface area contributed by atoms with E-state index in [1.807, 2.05) is 30.3 Å². The standard InChI is InChI=1S/C21H22N4O3/c26-20(16-6-9-25(10-7-16)21(27)17-8-11-28-14-17)23-13-19-22-12-18(24-19)15-4-2-1-3-5-15/h1-5,8,11-12,14,16H,6-7,9-10,13H2,(H,22,24)(H,23,26). The van der Waals surface area contributed by atoms with Crippen LogP contribution in [-0.4, -0.2) is 39.8 Å². The zero-order chi connectivity index (χ0) is 19.3. The van der Waals surface area contributed by atoms with Crippen LogP contribution >= 0.6 is 0 Å². The van der Waals surface area contributed by atoms with Gasteiger partial charge in [0, 0.05) is 19.0 Å². The summed E-state index contributed by atoms with van der Waals surface area (Å²) in [6, 6.07) is 11.6. The Bertz CT molecular complexity index is 926. The van der Waals surface area contributed by atoms with Gasteiger partial charge in [0.2, 0.25) is 5.91 Å². The number of amides is 2. The van der Waals surface area contributed by atoms with Gasteiger partial charge in [0.1, 0.15) is 12.1 Å². The lowest BCUT2D eigenvalue weighted by molar-refractivity contribution is -0.126. The maximum atomic E-state index is 12.5. The summed E-state index contributed by atoms with van der Waals surface area (Å²) >= 11 is 0. The van der Waals surface area contributed by atoms with Crippen molar-refractivity contribution in [2.24, 2.45) is 5.92 Å². The van der Waals surface area contributed by atoms with Crippen molar-refractivity contribution < 1.29 is 14.0 Å². The highest BCUT2D eigenvalue weighted by atomic mass is 16.3. The van der Waals surface area contributed by atoms with Crippen LogP contribution in [0.25, 0.3) is 11.3 Å². The van der Waals surface area contributed by atoms with Crippen molar-refractivity contribution in [3.63, 3.8) is 0 Å². The van der Waals surface area contributed by atoms with Crippen LogP contribution < -0.4 is 5.32 Å². The van der Waals surface area contributed by atoms with E-state index in [1.165, 1.54) is 12.5 Å². The zero-order valence-electron chi connectivity index (χ0n) is 15.4. The monoisotopic (exact) mass is 378 g/mol. The fourth-order valence-electron chi connectivity index (χ4n) is 3.45. The quantitative estimate of drug-likeness (QED) is 0.714. The number of rotatable bonds is 5. The molecule has 4 rings (SSSR count). The van der Waals surface area contributed by atoms with Crippen LogP contribution in [0.5, 0.6) is 0 Å². The van der Waals surface area contributed by atoms with Gasteiger partial charge in [-0.2, -0.15) is 0 Å². The summed E-state index contributed by atoms with van der Waals surface area (Å²) in [5.74, 6) is 0.599. The van der Waals surface area contributed by atoms with Gasteiger partial charge in [-0.05, 0) is 24.5 Å². The molecule has 1 aromatic carbocycles. The van der Waals surface area contributed by atoms with Crippen LogP contribution in [0, 0.1) is 5.92 Å². The second kappa shape index (κ2) is 8.12. The largest absolute Gasteiger partial charge is 0.472 e. The minimum Gasteiger partial charge on any atom is -0.472 e. The molecule has 1 aliphatic rings.